The van der Waals surface area contributed by atoms with Crippen molar-refractivity contribution >= 4 is 17.5 Å². The van der Waals surface area contributed by atoms with Gasteiger partial charge in [-0.1, -0.05) is 48.0 Å². The van der Waals surface area contributed by atoms with Gasteiger partial charge in [0.15, 0.2) is 0 Å². The van der Waals surface area contributed by atoms with E-state index in [1.54, 1.807) is 19.2 Å². The van der Waals surface area contributed by atoms with Crippen molar-refractivity contribution in [3.05, 3.63) is 100 Å². The Morgan fingerprint density at radius 2 is 1.50 bits per heavy atom. The first-order chi connectivity index (χ1) is 18.2. The highest BCUT2D eigenvalue weighted by Gasteiger charge is 2.30. The molecule has 0 unspecified atom stereocenters. The summed E-state index contributed by atoms with van der Waals surface area (Å²) < 4.78 is 50.0. The van der Waals surface area contributed by atoms with Gasteiger partial charge in [-0.15, -0.1) is 0 Å². The number of benzene rings is 3. The average Bonchev–Trinajstić information content (AvgIpc) is 2.92. The molecule has 1 aliphatic heterocycles. The van der Waals surface area contributed by atoms with E-state index in [1.807, 2.05) is 41.3 Å². The van der Waals surface area contributed by atoms with E-state index in [1.165, 1.54) is 12.1 Å². The maximum atomic E-state index is 12.9. The highest BCUT2D eigenvalue weighted by atomic mass is 35.5. The summed E-state index contributed by atoms with van der Waals surface area (Å²) in [5, 5.41) is 0.610. The van der Waals surface area contributed by atoms with Crippen molar-refractivity contribution < 1.29 is 27.4 Å². The van der Waals surface area contributed by atoms with E-state index in [-0.39, 0.29) is 18.6 Å². The van der Waals surface area contributed by atoms with E-state index in [2.05, 4.69) is 4.90 Å². The predicted octanol–water partition coefficient (Wildman–Crippen LogP) is 6.01. The number of piperazine rings is 1. The van der Waals surface area contributed by atoms with Crippen LogP contribution >= 0.6 is 11.6 Å². The Kier molecular flexibility index (Phi) is 9.31. The third kappa shape index (κ3) is 7.72. The van der Waals surface area contributed by atoms with Crippen LogP contribution in [0.1, 0.15) is 28.4 Å². The normalized spacial score (nSPS) is 15.3. The Morgan fingerprint density at radius 1 is 0.895 bits per heavy atom. The Balaban J connectivity index is 1.34. The fourth-order valence-electron chi connectivity index (χ4n) is 4.36. The van der Waals surface area contributed by atoms with E-state index in [0.717, 1.165) is 29.0 Å². The predicted molar refractivity (Wildman–Crippen MR) is 140 cm³/mol. The average molecular weight is 547 g/mol. The van der Waals surface area contributed by atoms with Crippen molar-refractivity contribution in [2.45, 2.75) is 25.3 Å². The summed E-state index contributed by atoms with van der Waals surface area (Å²) in [5.74, 6) is 0.841. The summed E-state index contributed by atoms with van der Waals surface area (Å²) in [6.07, 6.45) is -4.34. The first kappa shape index (κ1) is 28.0. The number of carbonyl (C=O) groups excluding carboxylic acids is 1. The molecule has 1 heterocycles. The van der Waals surface area contributed by atoms with Crippen LogP contribution in [-0.2, 0) is 28.7 Å². The topological polar surface area (TPSA) is 42.0 Å². The molecule has 4 rings (SSSR count). The standard InChI is InChI=1S/C29H30ClF3N2O3/c1-37-26-12-4-21(5-13-26)18-28(36)35-16-14-34(15-17-35)19-27(23-6-10-25(30)11-7-23)38-20-22-2-8-24(9-3-22)29(31,32)33/h2-13,27H,14-20H2,1H3/t27-/m0/s1. The fraction of sp³-hybridized carbons (Fsp3) is 0.345. The molecule has 0 spiro atoms. The van der Waals surface area contributed by atoms with Gasteiger partial charge in [-0.05, 0) is 53.1 Å². The van der Waals surface area contributed by atoms with Gasteiger partial charge in [0.2, 0.25) is 5.91 Å². The monoisotopic (exact) mass is 546 g/mol. The van der Waals surface area contributed by atoms with Crippen molar-refractivity contribution in [3.8, 4) is 5.75 Å². The van der Waals surface area contributed by atoms with Gasteiger partial charge in [-0.3, -0.25) is 9.69 Å². The number of carbonyl (C=O) groups is 1. The summed E-state index contributed by atoms with van der Waals surface area (Å²) in [5.41, 5.74) is 1.85. The van der Waals surface area contributed by atoms with Crippen LogP contribution in [0.3, 0.4) is 0 Å². The number of rotatable bonds is 9. The van der Waals surface area contributed by atoms with Crippen molar-refractivity contribution in [3.63, 3.8) is 0 Å². The molecular weight excluding hydrogens is 517 g/mol. The second-order valence-electron chi connectivity index (χ2n) is 9.25. The van der Waals surface area contributed by atoms with Crippen LogP contribution in [0, 0.1) is 0 Å². The Hall–Kier alpha value is -3.07. The maximum absolute atomic E-state index is 12.9. The van der Waals surface area contributed by atoms with Crippen molar-refractivity contribution in [2.24, 2.45) is 0 Å². The molecular formula is C29H30ClF3N2O3. The number of amides is 1. The summed E-state index contributed by atoms with van der Waals surface area (Å²) in [7, 11) is 1.61. The molecule has 1 amide bonds. The van der Waals surface area contributed by atoms with E-state index in [9.17, 15) is 18.0 Å². The molecule has 1 atom stereocenters. The molecule has 0 aromatic heterocycles. The number of hydrogen-bond donors (Lipinski definition) is 0. The zero-order valence-corrected chi connectivity index (χ0v) is 21.8. The molecule has 3 aromatic carbocycles. The van der Waals surface area contributed by atoms with E-state index in [0.29, 0.717) is 49.7 Å². The number of alkyl halides is 3. The number of halogens is 4. The number of nitrogens with zero attached hydrogens (tertiary/aromatic N) is 2. The molecule has 5 nitrogen and oxygen atoms in total. The van der Waals surface area contributed by atoms with Gasteiger partial charge in [0.05, 0.1) is 31.8 Å². The molecule has 0 aliphatic carbocycles. The fourth-order valence-corrected chi connectivity index (χ4v) is 4.49. The molecule has 1 aliphatic rings. The van der Waals surface area contributed by atoms with Gasteiger partial charge in [0.25, 0.3) is 0 Å². The van der Waals surface area contributed by atoms with Gasteiger partial charge in [0.1, 0.15) is 5.75 Å². The molecule has 0 radical (unpaired) electrons. The quantitative estimate of drug-likeness (QED) is 0.329. The second kappa shape index (κ2) is 12.7. The molecule has 9 heteroatoms. The minimum atomic E-state index is -4.37. The summed E-state index contributed by atoms with van der Waals surface area (Å²) >= 11 is 6.06. The van der Waals surface area contributed by atoms with Crippen molar-refractivity contribution in [1.29, 1.82) is 0 Å². The van der Waals surface area contributed by atoms with Crippen LogP contribution in [-0.4, -0.2) is 55.5 Å². The van der Waals surface area contributed by atoms with Crippen LogP contribution < -0.4 is 4.74 Å². The van der Waals surface area contributed by atoms with Gasteiger partial charge in [0, 0.05) is 37.7 Å². The molecule has 38 heavy (non-hydrogen) atoms. The number of hydrogen-bond acceptors (Lipinski definition) is 4. The third-order valence-electron chi connectivity index (χ3n) is 6.64. The lowest BCUT2D eigenvalue weighted by molar-refractivity contribution is -0.137. The molecule has 0 bridgehead atoms. The Bertz CT molecular complexity index is 1180. The molecule has 202 valence electrons. The first-order valence-corrected chi connectivity index (χ1v) is 12.8. The number of ether oxygens (including phenoxy) is 2. The van der Waals surface area contributed by atoms with Crippen LogP contribution in [0.5, 0.6) is 5.75 Å². The number of methoxy groups -OCH3 is 1. The highest BCUT2D eigenvalue weighted by molar-refractivity contribution is 6.30. The summed E-state index contributed by atoms with van der Waals surface area (Å²) in [4.78, 5) is 16.9. The molecule has 0 saturated carbocycles. The van der Waals surface area contributed by atoms with Crippen LogP contribution in [0.25, 0.3) is 0 Å². The largest absolute Gasteiger partial charge is 0.497 e. The zero-order valence-electron chi connectivity index (χ0n) is 21.1. The van der Waals surface area contributed by atoms with E-state index < -0.39 is 11.7 Å². The lowest BCUT2D eigenvalue weighted by Gasteiger charge is -2.36. The van der Waals surface area contributed by atoms with E-state index in [4.69, 9.17) is 21.1 Å². The summed E-state index contributed by atoms with van der Waals surface area (Å²) in [6.45, 7) is 3.38. The second-order valence-corrected chi connectivity index (χ2v) is 9.69. The third-order valence-corrected chi connectivity index (χ3v) is 6.89. The molecule has 3 aromatic rings. The molecule has 1 fully saturated rings. The van der Waals surface area contributed by atoms with Crippen LogP contribution in [0.15, 0.2) is 72.8 Å². The highest BCUT2D eigenvalue weighted by Crippen LogP contribution is 2.30. The Labute approximate surface area is 225 Å². The van der Waals surface area contributed by atoms with Gasteiger partial charge in [-0.25, -0.2) is 0 Å². The van der Waals surface area contributed by atoms with Crippen molar-refractivity contribution in [1.82, 2.24) is 9.80 Å². The van der Waals surface area contributed by atoms with Crippen molar-refractivity contribution in [2.75, 3.05) is 39.8 Å². The maximum Gasteiger partial charge on any atom is 0.416 e. The first-order valence-electron chi connectivity index (χ1n) is 12.4. The van der Waals surface area contributed by atoms with Gasteiger partial charge >= 0.3 is 6.18 Å². The zero-order chi connectivity index (χ0) is 27.1. The minimum absolute atomic E-state index is 0.0858. The van der Waals surface area contributed by atoms with Crippen LogP contribution in [0.4, 0.5) is 13.2 Å². The molecule has 1 saturated heterocycles. The van der Waals surface area contributed by atoms with Gasteiger partial charge in [-0.2, -0.15) is 13.2 Å². The minimum Gasteiger partial charge on any atom is -0.497 e. The SMILES string of the molecule is COc1ccc(CC(=O)N2CCN(C[C@H](OCc3ccc(C(F)(F)F)cc3)c3ccc(Cl)cc3)CC2)cc1. The lowest BCUT2D eigenvalue weighted by Crippen LogP contribution is -2.50. The van der Waals surface area contributed by atoms with Gasteiger partial charge < -0.3 is 14.4 Å². The molecule has 0 N–H and O–H groups in total. The van der Waals surface area contributed by atoms with E-state index >= 15 is 0 Å². The van der Waals surface area contributed by atoms with Crippen LogP contribution in [0.2, 0.25) is 5.02 Å². The Morgan fingerprint density at radius 3 is 2.08 bits per heavy atom. The summed E-state index contributed by atoms with van der Waals surface area (Å²) in [6, 6.07) is 19.9. The smallest absolute Gasteiger partial charge is 0.416 e. The lowest BCUT2D eigenvalue weighted by atomic mass is 10.1.